The van der Waals surface area contributed by atoms with Crippen molar-refractivity contribution in [3.05, 3.63) is 28.8 Å². The van der Waals surface area contributed by atoms with Crippen molar-refractivity contribution < 1.29 is 13.2 Å². The Hall–Kier alpha value is -0.780. The molecule has 1 N–H and O–H groups in total. The van der Waals surface area contributed by atoms with Gasteiger partial charge in [0.05, 0.1) is 23.6 Å². The summed E-state index contributed by atoms with van der Waals surface area (Å²) < 4.78 is 28.5. The normalized spacial score (nSPS) is 22.1. The van der Waals surface area contributed by atoms with E-state index in [1.54, 1.807) is 7.11 Å². The zero-order valence-electron chi connectivity index (χ0n) is 12.4. The molecule has 1 aromatic rings. The van der Waals surface area contributed by atoms with Crippen LogP contribution in [0.1, 0.15) is 31.4 Å². The third-order valence-corrected chi connectivity index (χ3v) is 6.07. The summed E-state index contributed by atoms with van der Waals surface area (Å²) in [6.45, 7) is 2.88. The SMILES string of the molecule is CCNC(CC1CCS(=O)(=O)C1)c1ccc(Cl)c(OC)c1. The molecule has 0 radical (unpaired) electrons. The average Bonchev–Trinajstić information content (AvgIpc) is 2.78. The topological polar surface area (TPSA) is 55.4 Å². The molecule has 1 heterocycles. The van der Waals surface area contributed by atoms with Gasteiger partial charge in [0.15, 0.2) is 9.84 Å². The molecule has 4 nitrogen and oxygen atoms in total. The summed E-state index contributed by atoms with van der Waals surface area (Å²) in [5.41, 5.74) is 1.09. The quantitative estimate of drug-likeness (QED) is 0.871. The summed E-state index contributed by atoms with van der Waals surface area (Å²) in [5.74, 6) is 1.50. The van der Waals surface area contributed by atoms with E-state index in [9.17, 15) is 8.42 Å². The molecular formula is C15H22ClNO3S. The van der Waals surface area contributed by atoms with Gasteiger partial charge >= 0.3 is 0 Å². The fourth-order valence-corrected chi connectivity index (χ4v) is 4.94. The second-order valence-electron chi connectivity index (χ2n) is 5.51. The standard InChI is InChI=1S/C15H22ClNO3S/c1-3-17-14(8-11-6-7-21(18,19)10-11)12-4-5-13(16)15(9-12)20-2/h4-5,9,11,14,17H,3,6-8,10H2,1-2H3. The minimum atomic E-state index is -2.83. The van der Waals surface area contributed by atoms with Crippen LogP contribution < -0.4 is 10.1 Å². The van der Waals surface area contributed by atoms with Gasteiger partial charge in [0.1, 0.15) is 5.75 Å². The minimum Gasteiger partial charge on any atom is -0.495 e. The van der Waals surface area contributed by atoms with E-state index in [0.29, 0.717) is 22.3 Å². The maximum Gasteiger partial charge on any atom is 0.150 e. The third kappa shape index (κ3) is 4.34. The van der Waals surface area contributed by atoms with E-state index < -0.39 is 9.84 Å². The van der Waals surface area contributed by atoms with Gasteiger partial charge in [-0.3, -0.25) is 0 Å². The molecule has 1 aromatic carbocycles. The Labute approximate surface area is 131 Å². The maximum absolute atomic E-state index is 11.6. The first-order valence-electron chi connectivity index (χ1n) is 7.22. The summed E-state index contributed by atoms with van der Waals surface area (Å²) in [6.07, 6.45) is 1.58. The van der Waals surface area contributed by atoms with Crippen LogP contribution in [0, 0.1) is 5.92 Å². The van der Waals surface area contributed by atoms with Crippen molar-refractivity contribution in [2.24, 2.45) is 5.92 Å². The fourth-order valence-electron chi connectivity index (χ4n) is 2.87. The van der Waals surface area contributed by atoms with E-state index in [0.717, 1.165) is 24.9 Å². The van der Waals surface area contributed by atoms with Crippen LogP contribution in [-0.2, 0) is 9.84 Å². The number of ether oxygens (including phenoxy) is 1. The zero-order chi connectivity index (χ0) is 15.5. The Morgan fingerprint density at radius 1 is 1.48 bits per heavy atom. The minimum absolute atomic E-state index is 0.125. The van der Waals surface area contributed by atoms with Crippen LogP contribution in [0.4, 0.5) is 0 Å². The first-order valence-corrected chi connectivity index (χ1v) is 9.42. The van der Waals surface area contributed by atoms with Crippen molar-refractivity contribution in [1.82, 2.24) is 5.32 Å². The maximum atomic E-state index is 11.6. The van der Waals surface area contributed by atoms with Gasteiger partial charge in [-0.1, -0.05) is 24.6 Å². The predicted molar refractivity (Wildman–Crippen MR) is 85.8 cm³/mol. The third-order valence-electron chi connectivity index (χ3n) is 3.92. The summed E-state index contributed by atoms with van der Waals surface area (Å²) in [4.78, 5) is 0. The lowest BCUT2D eigenvalue weighted by Crippen LogP contribution is -2.24. The second kappa shape index (κ2) is 6.99. The molecular weight excluding hydrogens is 310 g/mol. The molecule has 1 saturated heterocycles. The number of nitrogens with one attached hydrogen (secondary N) is 1. The highest BCUT2D eigenvalue weighted by Crippen LogP contribution is 2.32. The average molecular weight is 332 g/mol. The first kappa shape index (κ1) is 16.6. The van der Waals surface area contributed by atoms with E-state index in [1.807, 2.05) is 25.1 Å². The van der Waals surface area contributed by atoms with Crippen molar-refractivity contribution in [3.63, 3.8) is 0 Å². The lowest BCUT2D eigenvalue weighted by atomic mass is 9.94. The summed E-state index contributed by atoms with van der Waals surface area (Å²) >= 11 is 6.06. The number of methoxy groups -OCH3 is 1. The molecule has 0 aliphatic carbocycles. The van der Waals surface area contributed by atoms with E-state index in [4.69, 9.17) is 16.3 Å². The smallest absolute Gasteiger partial charge is 0.150 e. The van der Waals surface area contributed by atoms with Crippen LogP contribution in [0.15, 0.2) is 18.2 Å². The Morgan fingerprint density at radius 3 is 2.81 bits per heavy atom. The van der Waals surface area contributed by atoms with Crippen LogP contribution >= 0.6 is 11.6 Å². The number of benzene rings is 1. The number of halogens is 1. The highest BCUT2D eigenvalue weighted by atomic mass is 35.5. The van der Waals surface area contributed by atoms with Crippen LogP contribution in [0.2, 0.25) is 5.02 Å². The molecule has 0 aromatic heterocycles. The zero-order valence-corrected chi connectivity index (χ0v) is 14.0. The second-order valence-corrected chi connectivity index (χ2v) is 8.14. The number of hydrogen-bond donors (Lipinski definition) is 1. The highest BCUT2D eigenvalue weighted by molar-refractivity contribution is 7.91. The monoisotopic (exact) mass is 331 g/mol. The van der Waals surface area contributed by atoms with Gasteiger partial charge in [-0.25, -0.2) is 8.42 Å². The Morgan fingerprint density at radius 2 is 2.24 bits per heavy atom. The largest absolute Gasteiger partial charge is 0.495 e. The van der Waals surface area contributed by atoms with Crippen LogP contribution in [0.25, 0.3) is 0 Å². The molecule has 1 aliphatic heterocycles. The van der Waals surface area contributed by atoms with Crippen molar-refractivity contribution in [1.29, 1.82) is 0 Å². The van der Waals surface area contributed by atoms with Crippen molar-refractivity contribution in [2.45, 2.75) is 25.8 Å². The predicted octanol–water partition coefficient (Wildman–Crippen LogP) is 2.82. The summed E-state index contributed by atoms with van der Waals surface area (Å²) in [7, 11) is -1.24. The molecule has 2 rings (SSSR count). The molecule has 0 bridgehead atoms. The molecule has 0 saturated carbocycles. The molecule has 0 amide bonds. The number of hydrogen-bond acceptors (Lipinski definition) is 4. The van der Waals surface area contributed by atoms with Crippen LogP contribution in [0.5, 0.6) is 5.75 Å². The summed E-state index contributed by atoms with van der Waals surface area (Å²) in [5, 5.41) is 4.01. The molecule has 2 atom stereocenters. The van der Waals surface area contributed by atoms with Crippen molar-refractivity contribution in [2.75, 3.05) is 25.2 Å². The Balaban J connectivity index is 2.15. The molecule has 118 valence electrons. The molecule has 6 heteroatoms. The molecule has 2 unspecified atom stereocenters. The molecule has 1 aliphatic rings. The Kier molecular flexibility index (Phi) is 5.52. The van der Waals surface area contributed by atoms with Crippen LogP contribution in [0.3, 0.4) is 0 Å². The van der Waals surface area contributed by atoms with E-state index in [2.05, 4.69) is 5.32 Å². The van der Waals surface area contributed by atoms with E-state index >= 15 is 0 Å². The molecule has 0 spiro atoms. The highest BCUT2D eigenvalue weighted by Gasteiger charge is 2.30. The van der Waals surface area contributed by atoms with Crippen LogP contribution in [-0.4, -0.2) is 33.6 Å². The van der Waals surface area contributed by atoms with Gasteiger partial charge in [0.25, 0.3) is 0 Å². The van der Waals surface area contributed by atoms with Gasteiger partial charge in [0.2, 0.25) is 0 Å². The number of sulfone groups is 1. The molecule has 21 heavy (non-hydrogen) atoms. The Bertz CT molecular complexity index is 589. The first-order chi connectivity index (χ1) is 9.95. The fraction of sp³-hybridized carbons (Fsp3) is 0.600. The molecule has 1 fully saturated rings. The van der Waals surface area contributed by atoms with E-state index in [1.165, 1.54) is 0 Å². The van der Waals surface area contributed by atoms with E-state index in [-0.39, 0.29) is 12.0 Å². The summed E-state index contributed by atoms with van der Waals surface area (Å²) in [6, 6.07) is 5.85. The van der Waals surface area contributed by atoms with Gasteiger partial charge in [-0.15, -0.1) is 0 Å². The lowest BCUT2D eigenvalue weighted by Gasteiger charge is -2.22. The van der Waals surface area contributed by atoms with Gasteiger partial charge < -0.3 is 10.1 Å². The lowest BCUT2D eigenvalue weighted by molar-refractivity contribution is 0.405. The van der Waals surface area contributed by atoms with Gasteiger partial charge in [0, 0.05) is 6.04 Å². The van der Waals surface area contributed by atoms with Crippen molar-refractivity contribution in [3.8, 4) is 5.75 Å². The van der Waals surface area contributed by atoms with Gasteiger partial charge in [-0.05, 0) is 43.0 Å². The number of rotatable bonds is 6. The van der Waals surface area contributed by atoms with Gasteiger partial charge in [-0.2, -0.15) is 0 Å². The van der Waals surface area contributed by atoms with Crippen molar-refractivity contribution >= 4 is 21.4 Å².